The Morgan fingerprint density at radius 3 is 2.64 bits per heavy atom. The number of alkyl halides is 3. The van der Waals surface area contributed by atoms with Crippen LogP contribution in [-0.2, 0) is 11.3 Å². The quantitative estimate of drug-likeness (QED) is 0.738. The molecular weight excluding hydrogens is 382 g/mol. The van der Waals surface area contributed by atoms with Crippen LogP contribution in [0, 0.1) is 11.7 Å². The lowest BCUT2D eigenvalue weighted by Crippen LogP contribution is -2.42. The standard InChI is InChI=1S/C18H23F4N3O3/c1-25(17(26)14-4-3-5-23-14)9-10-6-13(19)16(24-15(10)27-2)28-12-7-11(8-12)18(20,21)22/h6,11-12,14,23H,3-5,7-9H2,1-2H3/t11?,12?,14-/m0/s1. The molecule has 0 bridgehead atoms. The van der Waals surface area contributed by atoms with Gasteiger partial charge in [-0.15, -0.1) is 0 Å². The molecule has 0 spiro atoms. The number of nitrogens with one attached hydrogen (secondary N) is 1. The van der Waals surface area contributed by atoms with E-state index >= 15 is 0 Å². The van der Waals surface area contributed by atoms with Crippen molar-refractivity contribution < 1.29 is 31.8 Å². The third-order valence-electron chi connectivity index (χ3n) is 5.15. The van der Waals surface area contributed by atoms with E-state index in [2.05, 4.69) is 10.3 Å². The van der Waals surface area contributed by atoms with E-state index in [1.54, 1.807) is 7.05 Å². The number of halogens is 4. The van der Waals surface area contributed by atoms with E-state index in [0.717, 1.165) is 25.5 Å². The van der Waals surface area contributed by atoms with Gasteiger partial charge >= 0.3 is 6.18 Å². The molecule has 0 aromatic carbocycles. The first-order valence-corrected chi connectivity index (χ1v) is 9.14. The number of aromatic nitrogens is 1. The molecule has 2 aliphatic rings. The lowest BCUT2D eigenvalue weighted by molar-refractivity contribution is -0.210. The zero-order chi connectivity index (χ0) is 20.5. The fourth-order valence-corrected chi connectivity index (χ4v) is 3.45. The third-order valence-corrected chi connectivity index (χ3v) is 5.15. The number of hydrogen-bond acceptors (Lipinski definition) is 5. The predicted octanol–water partition coefficient (Wildman–Crippen LogP) is 2.66. The number of amides is 1. The van der Waals surface area contributed by atoms with Crippen LogP contribution >= 0.6 is 0 Å². The van der Waals surface area contributed by atoms with Gasteiger partial charge in [0.1, 0.15) is 6.10 Å². The van der Waals surface area contributed by atoms with Crippen molar-refractivity contribution in [2.45, 2.75) is 50.6 Å². The number of carbonyl (C=O) groups excluding carboxylic acids is 1. The largest absolute Gasteiger partial charge is 0.481 e. The fourth-order valence-electron chi connectivity index (χ4n) is 3.45. The van der Waals surface area contributed by atoms with Gasteiger partial charge in [-0.05, 0) is 38.3 Å². The molecule has 1 saturated carbocycles. The second-order valence-electron chi connectivity index (χ2n) is 7.24. The molecule has 156 valence electrons. The maximum absolute atomic E-state index is 14.4. The summed E-state index contributed by atoms with van der Waals surface area (Å²) in [4.78, 5) is 17.8. The van der Waals surface area contributed by atoms with Gasteiger partial charge in [-0.2, -0.15) is 18.2 Å². The van der Waals surface area contributed by atoms with Crippen molar-refractivity contribution in [1.82, 2.24) is 15.2 Å². The maximum Gasteiger partial charge on any atom is 0.392 e. The molecule has 2 heterocycles. The SMILES string of the molecule is COc1nc(OC2CC(C(F)(F)F)C2)c(F)cc1CN(C)C(=O)[C@@H]1CCCN1. The number of carbonyl (C=O) groups is 1. The van der Waals surface area contributed by atoms with Crippen molar-refractivity contribution in [3.8, 4) is 11.8 Å². The number of pyridine rings is 1. The smallest absolute Gasteiger partial charge is 0.392 e. The molecule has 0 radical (unpaired) electrons. The van der Waals surface area contributed by atoms with E-state index < -0.39 is 29.9 Å². The number of likely N-dealkylation sites (N-methyl/N-ethyl adjacent to an activating group) is 1. The summed E-state index contributed by atoms with van der Waals surface area (Å²) in [6.07, 6.45) is -3.77. The van der Waals surface area contributed by atoms with E-state index in [0.29, 0.717) is 5.56 Å². The highest BCUT2D eigenvalue weighted by Gasteiger charge is 2.49. The van der Waals surface area contributed by atoms with Gasteiger partial charge in [0.25, 0.3) is 5.88 Å². The molecular formula is C18H23F4N3O3. The molecule has 1 aliphatic carbocycles. The van der Waals surface area contributed by atoms with Crippen LogP contribution < -0.4 is 14.8 Å². The van der Waals surface area contributed by atoms with Crippen molar-refractivity contribution in [3.63, 3.8) is 0 Å². The van der Waals surface area contributed by atoms with Gasteiger partial charge < -0.3 is 19.7 Å². The summed E-state index contributed by atoms with van der Waals surface area (Å²) in [7, 11) is 2.95. The lowest BCUT2D eigenvalue weighted by atomic mass is 9.82. The first-order valence-electron chi connectivity index (χ1n) is 9.14. The molecule has 6 nitrogen and oxygen atoms in total. The van der Waals surface area contributed by atoms with E-state index in [1.807, 2.05) is 0 Å². The first-order chi connectivity index (χ1) is 13.2. The second kappa shape index (κ2) is 8.10. The van der Waals surface area contributed by atoms with Crippen molar-refractivity contribution in [2.24, 2.45) is 5.92 Å². The van der Waals surface area contributed by atoms with Crippen molar-refractivity contribution in [2.75, 3.05) is 20.7 Å². The van der Waals surface area contributed by atoms with E-state index in [-0.39, 0.29) is 37.2 Å². The summed E-state index contributed by atoms with van der Waals surface area (Å²) in [6.45, 7) is 0.871. The van der Waals surface area contributed by atoms with Crippen LogP contribution in [0.15, 0.2) is 6.07 Å². The number of ether oxygens (including phenoxy) is 2. The van der Waals surface area contributed by atoms with Gasteiger partial charge in [0.2, 0.25) is 11.8 Å². The molecule has 1 atom stereocenters. The Bertz CT molecular complexity index is 717. The first kappa shape index (κ1) is 20.6. The summed E-state index contributed by atoms with van der Waals surface area (Å²) in [5.74, 6) is -2.65. The van der Waals surface area contributed by atoms with Crippen LogP contribution in [0.25, 0.3) is 0 Å². The van der Waals surface area contributed by atoms with Gasteiger partial charge in [0.05, 0.1) is 25.6 Å². The van der Waals surface area contributed by atoms with E-state index in [9.17, 15) is 22.4 Å². The zero-order valence-corrected chi connectivity index (χ0v) is 15.7. The van der Waals surface area contributed by atoms with Crippen molar-refractivity contribution in [3.05, 3.63) is 17.4 Å². The summed E-state index contributed by atoms with van der Waals surface area (Å²) in [5, 5.41) is 3.11. The lowest BCUT2D eigenvalue weighted by Gasteiger charge is -2.36. The molecule has 2 fully saturated rings. The van der Waals surface area contributed by atoms with Crippen LogP contribution in [0.3, 0.4) is 0 Å². The molecule has 0 unspecified atom stereocenters. The molecule has 1 aliphatic heterocycles. The van der Waals surface area contributed by atoms with Crippen molar-refractivity contribution in [1.29, 1.82) is 0 Å². The van der Waals surface area contributed by atoms with Gasteiger partial charge in [-0.25, -0.2) is 4.39 Å². The highest BCUT2D eigenvalue weighted by Crippen LogP contribution is 2.43. The molecule has 1 amide bonds. The van der Waals surface area contributed by atoms with E-state index in [1.165, 1.54) is 12.0 Å². The highest BCUT2D eigenvalue weighted by molar-refractivity contribution is 5.82. The summed E-state index contributed by atoms with van der Waals surface area (Å²) < 4.78 is 62.5. The van der Waals surface area contributed by atoms with Crippen molar-refractivity contribution >= 4 is 5.91 Å². The van der Waals surface area contributed by atoms with Crippen LogP contribution in [-0.4, -0.2) is 54.8 Å². The number of methoxy groups -OCH3 is 1. The van der Waals surface area contributed by atoms with Gasteiger partial charge in [-0.3, -0.25) is 4.79 Å². The predicted molar refractivity (Wildman–Crippen MR) is 91.4 cm³/mol. The van der Waals surface area contributed by atoms with Gasteiger partial charge in [-0.1, -0.05) is 0 Å². The second-order valence-corrected chi connectivity index (χ2v) is 7.24. The minimum absolute atomic E-state index is 0.0714. The molecule has 1 aromatic rings. The Kier molecular flexibility index (Phi) is 5.97. The van der Waals surface area contributed by atoms with Gasteiger partial charge in [0, 0.05) is 12.6 Å². The average Bonchev–Trinajstić information content (AvgIpc) is 3.11. The Labute approximate surface area is 160 Å². The topological polar surface area (TPSA) is 63.7 Å². The number of rotatable bonds is 6. The Morgan fingerprint density at radius 2 is 2.07 bits per heavy atom. The summed E-state index contributed by atoms with van der Waals surface area (Å²) in [5.41, 5.74) is 0.350. The van der Waals surface area contributed by atoms with Crippen LogP contribution in [0.1, 0.15) is 31.2 Å². The molecule has 10 heteroatoms. The van der Waals surface area contributed by atoms with Crippen LogP contribution in [0.2, 0.25) is 0 Å². The normalized spacial score (nSPS) is 24.6. The van der Waals surface area contributed by atoms with E-state index in [4.69, 9.17) is 9.47 Å². The fraction of sp³-hybridized carbons (Fsp3) is 0.667. The Balaban J connectivity index is 1.65. The summed E-state index contributed by atoms with van der Waals surface area (Å²) in [6, 6.07) is 0.893. The third kappa shape index (κ3) is 4.48. The maximum atomic E-state index is 14.4. The Hall–Kier alpha value is -2.10. The van der Waals surface area contributed by atoms with Crippen LogP contribution in [0.5, 0.6) is 11.8 Å². The molecule has 28 heavy (non-hydrogen) atoms. The molecule has 1 aromatic heterocycles. The molecule has 1 N–H and O–H groups in total. The zero-order valence-electron chi connectivity index (χ0n) is 15.7. The number of hydrogen-bond donors (Lipinski definition) is 1. The minimum Gasteiger partial charge on any atom is -0.481 e. The van der Waals surface area contributed by atoms with Crippen LogP contribution in [0.4, 0.5) is 17.6 Å². The average molecular weight is 405 g/mol. The Morgan fingerprint density at radius 1 is 1.36 bits per heavy atom. The molecule has 1 saturated heterocycles. The van der Waals surface area contributed by atoms with Gasteiger partial charge in [0.15, 0.2) is 5.82 Å². The molecule has 3 rings (SSSR count). The number of nitrogens with zero attached hydrogens (tertiary/aromatic N) is 2. The highest BCUT2D eigenvalue weighted by atomic mass is 19.4. The minimum atomic E-state index is -4.27. The monoisotopic (exact) mass is 405 g/mol. The summed E-state index contributed by atoms with van der Waals surface area (Å²) >= 11 is 0.